The number of ether oxygens (including phenoxy) is 3. The summed E-state index contributed by atoms with van der Waals surface area (Å²) in [6.07, 6.45) is 3.26. The minimum absolute atomic E-state index is 0.127. The van der Waals surface area contributed by atoms with E-state index in [0.717, 1.165) is 25.0 Å². The van der Waals surface area contributed by atoms with Gasteiger partial charge in [0.25, 0.3) is 5.91 Å². The molecule has 0 fully saturated rings. The highest BCUT2D eigenvalue weighted by molar-refractivity contribution is 5.96. The molecule has 7 nitrogen and oxygen atoms in total. The van der Waals surface area contributed by atoms with Gasteiger partial charge in [0.15, 0.2) is 11.5 Å². The van der Waals surface area contributed by atoms with Crippen molar-refractivity contribution in [2.24, 2.45) is 0 Å². The van der Waals surface area contributed by atoms with Crippen LogP contribution >= 0.6 is 0 Å². The number of aryl methyl sites for hydroxylation is 1. The van der Waals surface area contributed by atoms with Crippen LogP contribution in [0.15, 0.2) is 36.4 Å². The normalized spacial score (nSPS) is 15.1. The van der Waals surface area contributed by atoms with E-state index < -0.39 is 5.91 Å². The van der Waals surface area contributed by atoms with E-state index in [9.17, 15) is 9.59 Å². The molecule has 0 saturated heterocycles. The number of nitrogens with one attached hydrogen (secondary N) is 2. The molecule has 2 amide bonds. The molecule has 0 bridgehead atoms. The van der Waals surface area contributed by atoms with E-state index in [1.165, 1.54) is 25.3 Å². The molecule has 1 aliphatic rings. The molecule has 0 aliphatic heterocycles. The van der Waals surface area contributed by atoms with Crippen LogP contribution in [0.4, 0.5) is 0 Å². The second kappa shape index (κ2) is 9.32. The van der Waals surface area contributed by atoms with Crippen LogP contribution in [-0.2, 0) is 11.2 Å². The van der Waals surface area contributed by atoms with E-state index in [2.05, 4.69) is 10.9 Å². The van der Waals surface area contributed by atoms with E-state index in [0.29, 0.717) is 23.5 Å². The fraction of sp³-hybridized carbons (Fsp3) is 0.364. The molecule has 2 N–H and O–H groups in total. The Labute approximate surface area is 170 Å². The summed E-state index contributed by atoms with van der Waals surface area (Å²) in [7, 11) is 4.67. The van der Waals surface area contributed by atoms with Gasteiger partial charge in [0.05, 0.1) is 21.3 Å². The molecule has 2 aromatic carbocycles. The van der Waals surface area contributed by atoms with Crippen molar-refractivity contribution in [2.75, 3.05) is 21.3 Å². The molecule has 7 heteroatoms. The molecule has 1 aliphatic carbocycles. The topological polar surface area (TPSA) is 85.9 Å². The largest absolute Gasteiger partial charge is 0.497 e. The molecular weight excluding hydrogens is 372 g/mol. The van der Waals surface area contributed by atoms with E-state index >= 15 is 0 Å². The van der Waals surface area contributed by atoms with Crippen molar-refractivity contribution < 1.29 is 23.8 Å². The number of hydrazine groups is 1. The number of fused-ring (bicyclic) bond motifs is 1. The van der Waals surface area contributed by atoms with Crippen LogP contribution < -0.4 is 25.1 Å². The van der Waals surface area contributed by atoms with Gasteiger partial charge in [-0.05, 0) is 66.6 Å². The second-order valence-electron chi connectivity index (χ2n) is 6.93. The maximum atomic E-state index is 12.4. The van der Waals surface area contributed by atoms with Gasteiger partial charge in [0.2, 0.25) is 5.91 Å². The van der Waals surface area contributed by atoms with Gasteiger partial charge in [-0.2, -0.15) is 0 Å². The Hall–Kier alpha value is -3.22. The first-order valence-corrected chi connectivity index (χ1v) is 9.53. The lowest BCUT2D eigenvalue weighted by molar-refractivity contribution is -0.122. The number of amides is 2. The van der Waals surface area contributed by atoms with Crippen molar-refractivity contribution in [2.45, 2.75) is 31.6 Å². The number of carbonyl (C=O) groups excluding carboxylic acids is 2. The Kier molecular flexibility index (Phi) is 6.59. The Morgan fingerprint density at radius 1 is 0.966 bits per heavy atom. The van der Waals surface area contributed by atoms with Gasteiger partial charge >= 0.3 is 0 Å². The third-order valence-electron chi connectivity index (χ3n) is 5.18. The lowest BCUT2D eigenvalue weighted by atomic mass is 9.81. The summed E-state index contributed by atoms with van der Waals surface area (Å²) in [5.74, 6) is 1.28. The quantitative estimate of drug-likeness (QED) is 0.731. The maximum Gasteiger partial charge on any atom is 0.269 e. The zero-order valence-corrected chi connectivity index (χ0v) is 16.9. The summed E-state index contributed by atoms with van der Waals surface area (Å²) in [5, 5.41) is 0. The first-order chi connectivity index (χ1) is 14.0. The average Bonchev–Trinajstić information content (AvgIpc) is 2.76. The highest BCUT2D eigenvalue weighted by Gasteiger charge is 2.23. The van der Waals surface area contributed by atoms with E-state index in [1.807, 2.05) is 18.2 Å². The summed E-state index contributed by atoms with van der Waals surface area (Å²) in [4.78, 5) is 24.8. The summed E-state index contributed by atoms with van der Waals surface area (Å²) in [6.45, 7) is 0. The Morgan fingerprint density at radius 2 is 1.76 bits per heavy atom. The highest BCUT2D eigenvalue weighted by Crippen LogP contribution is 2.35. The molecule has 0 saturated carbocycles. The minimum atomic E-state index is -0.423. The minimum Gasteiger partial charge on any atom is -0.497 e. The van der Waals surface area contributed by atoms with Gasteiger partial charge in [-0.15, -0.1) is 0 Å². The van der Waals surface area contributed by atoms with Crippen molar-refractivity contribution >= 4 is 11.8 Å². The molecule has 1 unspecified atom stereocenters. The number of hydrogen-bond acceptors (Lipinski definition) is 5. The molecule has 0 spiro atoms. The molecule has 0 aromatic heterocycles. The third kappa shape index (κ3) is 4.80. The maximum absolute atomic E-state index is 12.4. The standard InChI is InChI=1S/C22H26N2O5/c1-27-17-8-9-18-14(11-17)5-4-6-15(18)13-21(25)23-24-22(26)16-7-10-19(28-2)20(12-16)29-3/h7-12,15H,4-6,13H2,1-3H3,(H,23,25)(H,24,26). The van der Waals surface area contributed by atoms with Crippen molar-refractivity contribution in [3.63, 3.8) is 0 Å². The lowest BCUT2D eigenvalue weighted by Crippen LogP contribution is -2.42. The molecule has 154 valence electrons. The van der Waals surface area contributed by atoms with Gasteiger partial charge in [0.1, 0.15) is 5.75 Å². The fourth-order valence-electron chi connectivity index (χ4n) is 3.68. The molecular formula is C22H26N2O5. The van der Waals surface area contributed by atoms with Crippen molar-refractivity contribution in [3.05, 3.63) is 53.1 Å². The molecule has 0 heterocycles. The molecule has 29 heavy (non-hydrogen) atoms. The SMILES string of the molecule is COc1ccc2c(c1)CCCC2CC(=O)NNC(=O)c1ccc(OC)c(OC)c1. The van der Waals surface area contributed by atoms with E-state index in [-0.39, 0.29) is 11.8 Å². The van der Waals surface area contributed by atoms with Crippen LogP contribution in [0.3, 0.4) is 0 Å². The van der Waals surface area contributed by atoms with Crippen LogP contribution in [0.25, 0.3) is 0 Å². The highest BCUT2D eigenvalue weighted by atomic mass is 16.5. The van der Waals surface area contributed by atoms with Crippen LogP contribution in [0, 0.1) is 0 Å². The second-order valence-corrected chi connectivity index (χ2v) is 6.93. The van der Waals surface area contributed by atoms with Crippen LogP contribution in [0.2, 0.25) is 0 Å². The Morgan fingerprint density at radius 3 is 2.48 bits per heavy atom. The van der Waals surface area contributed by atoms with Gasteiger partial charge in [-0.1, -0.05) is 6.07 Å². The van der Waals surface area contributed by atoms with Crippen molar-refractivity contribution in [1.82, 2.24) is 10.9 Å². The predicted molar refractivity (Wildman–Crippen MR) is 108 cm³/mol. The summed E-state index contributed by atoms with van der Waals surface area (Å²) < 4.78 is 15.7. The third-order valence-corrected chi connectivity index (χ3v) is 5.18. The zero-order valence-electron chi connectivity index (χ0n) is 16.9. The molecule has 1 atom stereocenters. The molecule has 2 aromatic rings. The molecule has 0 radical (unpaired) electrons. The van der Waals surface area contributed by atoms with Crippen LogP contribution in [0.5, 0.6) is 17.2 Å². The fourth-order valence-corrected chi connectivity index (χ4v) is 3.68. The summed E-state index contributed by atoms with van der Waals surface area (Å²) in [6, 6.07) is 10.8. The number of hydrogen-bond donors (Lipinski definition) is 2. The van der Waals surface area contributed by atoms with E-state index in [4.69, 9.17) is 14.2 Å². The van der Waals surface area contributed by atoms with Gasteiger partial charge in [-0.3, -0.25) is 20.4 Å². The molecule has 3 rings (SSSR count). The zero-order chi connectivity index (χ0) is 20.8. The summed E-state index contributed by atoms with van der Waals surface area (Å²) in [5.41, 5.74) is 7.74. The van der Waals surface area contributed by atoms with Crippen LogP contribution in [0.1, 0.15) is 46.7 Å². The first-order valence-electron chi connectivity index (χ1n) is 9.53. The van der Waals surface area contributed by atoms with Gasteiger partial charge in [-0.25, -0.2) is 0 Å². The first kappa shape index (κ1) is 20.5. The predicted octanol–water partition coefficient (Wildman–Crippen LogP) is 2.98. The smallest absolute Gasteiger partial charge is 0.269 e. The van der Waals surface area contributed by atoms with Crippen molar-refractivity contribution in [1.29, 1.82) is 0 Å². The monoisotopic (exact) mass is 398 g/mol. The summed E-state index contributed by atoms with van der Waals surface area (Å²) >= 11 is 0. The van der Waals surface area contributed by atoms with E-state index in [1.54, 1.807) is 25.3 Å². The average molecular weight is 398 g/mol. The number of rotatable bonds is 6. The van der Waals surface area contributed by atoms with Gasteiger partial charge < -0.3 is 14.2 Å². The lowest BCUT2D eigenvalue weighted by Gasteiger charge is -2.25. The number of benzene rings is 2. The van der Waals surface area contributed by atoms with Crippen molar-refractivity contribution in [3.8, 4) is 17.2 Å². The van der Waals surface area contributed by atoms with Crippen LogP contribution in [-0.4, -0.2) is 33.1 Å². The number of carbonyl (C=O) groups is 2. The Bertz CT molecular complexity index is 897. The number of methoxy groups -OCH3 is 3. The Balaban J connectivity index is 1.59. The van der Waals surface area contributed by atoms with Gasteiger partial charge in [0, 0.05) is 12.0 Å².